The third-order valence-corrected chi connectivity index (χ3v) is 4.57. The molecule has 0 aromatic heterocycles. The fourth-order valence-corrected chi connectivity index (χ4v) is 2.99. The van der Waals surface area contributed by atoms with E-state index in [2.05, 4.69) is 5.32 Å². The smallest absolute Gasteiger partial charge is 0.237 e. The Hall–Kier alpha value is -0.690. The first-order valence-electron chi connectivity index (χ1n) is 7.24. The first-order valence-corrected chi connectivity index (χ1v) is 7.24. The van der Waals surface area contributed by atoms with Crippen LogP contribution in [0.4, 0.5) is 0 Å². The van der Waals surface area contributed by atoms with Crippen LogP contribution >= 0.6 is 0 Å². The first-order chi connectivity index (χ1) is 9.60. The van der Waals surface area contributed by atoms with Crippen LogP contribution in [0, 0.1) is 0 Å². The Bertz CT molecular complexity index is 331. The van der Waals surface area contributed by atoms with Gasteiger partial charge in [-0.3, -0.25) is 9.69 Å². The molecule has 116 valence electrons. The van der Waals surface area contributed by atoms with Crippen LogP contribution < -0.4 is 5.32 Å². The molecule has 0 unspecified atom stereocenters. The van der Waals surface area contributed by atoms with Crippen molar-refractivity contribution in [1.82, 2.24) is 10.2 Å². The molecule has 2 fully saturated rings. The average molecular weight is 286 g/mol. The van der Waals surface area contributed by atoms with Gasteiger partial charge in [-0.05, 0) is 13.5 Å². The lowest BCUT2D eigenvalue weighted by molar-refractivity contribution is -0.129. The fourth-order valence-electron chi connectivity index (χ4n) is 2.99. The van der Waals surface area contributed by atoms with Crippen molar-refractivity contribution in [3.05, 3.63) is 0 Å². The lowest BCUT2D eigenvalue weighted by Gasteiger charge is -2.36. The predicted octanol–water partition coefficient (Wildman–Crippen LogP) is 0.0173. The quantitative estimate of drug-likeness (QED) is 0.772. The van der Waals surface area contributed by atoms with E-state index >= 15 is 0 Å². The van der Waals surface area contributed by atoms with Crippen LogP contribution in [0.25, 0.3) is 0 Å². The molecule has 0 aromatic rings. The van der Waals surface area contributed by atoms with Gasteiger partial charge < -0.3 is 19.5 Å². The Kier molecular flexibility index (Phi) is 5.37. The molecule has 6 nitrogen and oxygen atoms in total. The molecule has 1 amide bonds. The topological polar surface area (TPSA) is 60.0 Å². The summed E-state index contributed by atoms with van der Waals surface area (Å²) in [6.45, 7) is 2.74. The zero-order valence-corrected chi connectivity index (χ0v) is 12.7. The molecular weight excluding hydrogens is 260 g/mol. The summed E-state index contributed by atoms with van der Waals surface area (Å²) in [4.78, 5) is 14.4. The lowest BCUT2D eigenvalue weighted by Crippen LogP contribution is -2.51. The zero-order valence-electron chi connectivity index (χ0n) is 12.7. The number of hydrogen-bond acceptors (Lipinski definition) is 5. The van der Waals surface area contributed by atoms with Crippen molar-refractivity contribution >= 4 is 5.91 Å². The number of rotatable bonds is 5. The number of carbonyl (C=O) groups is 1. The molecule has 6 heteroatoms. The molecule has 0 saturated carbocycles. The third-order valence-electron chi connectivity index (χ3n) is 4.57. The summed E-state index contributed by atoms with van der Waals surface area (Å²) in [7, 11) is 5.37. The molecule has 0 radical (unpaired) electrons. The van der Waals surface area contributed by atoms with E-state index in [-0.39, 0.29) is 23.7 Å². The van der Waals surface area contributed by atoms with Crippen LogP contribution in [-0.4, -0.2) is 76.1 Å². The van der Waals surface area contributed by atoms with E-state index in [0.717, 1.165) is 25.8 Å². The summed E-state index contributed by atoms with van der Waals surface area (Å²) in [5.41, 5.74) is -0.272. The number of nitrogens with one attached hydrogen (secondary N) is 1. The second kappa shape index (κ2) is 6.85. The molecule has 0 aromatic carbocycles. The molecule has 2 aliphatic rings. The zero-order chi connectivity index (χ0) is 14.6. The van der Waals surface area contributed by atoms with Gasteiger partial charge in [0.15, 0.2) is 0 Å². The van der Waals surface area contributed by atoms with E-state index in [1.807, 2.05) is 11.9 Å². The predicted molar refractivity (Wildman–Crippen MR) is 74.6 cm³/mol. The fraction of sp³-hybridized carbons (Fsp3) is 0.929. The monoisotopic (exact) mass is 286 g/mol. The normalized spacial score (nSPS) is 30.4. The SMILES string of the molecule is CO[C@H]1C[C@@H](C(=O)NCC2(OC)CCOCC2)N(C)C1. The highest BCUT2D eigenvalue weighted by molar-refractivity contribution is 5.82. The highest BCUT2D eigenvalue weighted by Gasteiger charge is 2.37. The number of carbonyl (C=O) groups excluding carboxylic acids is 1. The van der Waals surface area contributed by atoms with Crippen molar-refractivity contribution in [2.45, 2.75) is 37.0 Å². The molecule has 2 atom stereocenters. The Morgan fingerprint density at radius 3 is 2.65 bits per heavy atom. The summed E-state index contributed by atoms with van der Waals surface area (Å²) >= 11 is 0. The minimum absolute atomic E-state index is 0.0648. The third kappa shape index (κ3) is 3.49. The number of likely N-dealkylation sites (N-methyl/N-ethyl adjacent to an activating group) is 1. The van der Waals surface area contributed by atoms with Crippen molar-refractivity contribution in [1.29, 1.82) is 0 Å². The van der Waals surface area contributed by atoms with Gasteiger partial charge >= 0.3 is 0 Å². The number of nitrogens with zero attached hydrogens (tertiary/aromatic N) is 1. The van der Waals surface area contributed by atoms with Gasteiger partial charge in [-0.2, -0.15) is 0 Å². The van der Waals surface area contributed by atoms with Crippen LogP contribution in [0.15, 0.2) is 0 Å². The van der Waals surface area contributed by atoms with E-state index < -0.39 is 0 Å². The Morgan fingerprint density at radius 1 is 1.40 bits per heavy atom. The molecular formula is C14H26N2O4. The Balaban J connectivity index is 1.85. The first kappa shape index (κ1) is 15.7. The standard InChI is InChI=1S/C14H26N2O4/c1-16-9-11(18-2)8-12(16)13(17)15-10-14(19-3)4-6-20-7-5-14/h11-12H,4-10H2,1-3H3,(H,15,17)/t11-,12-/m0/s1. The lowest BCUT2D eigenvalue weighted by atomic mass is 9.94. The minimum Gasteiger partial charge on any atom is -0.381 e. The van der Waals surface area contributed by atoms with Crippen LogP contribution in [0.1, 0.15) is 19.3 Å². The molecule has 1 N–H and O–H groups in total. The van der Waals surface area contributed by atoms with E-state index in [9.17, 15) is 4.79 Å². The van der Waals surface area contributed by atoms with E-state index in [0.29, 0.717) is 19.8 Å². The second-order valence-corrected chi connectivity index (χ2v) is 5.77. The number of amides is 1. The Morgan fingerprint density at radius 2 is 2.10 bits per heavy atom. The highest BCUT2D eigenvalue weighted by Crippen LogP contribution is 2.24. The average Bonchev–Trinajstić information content (AvgIpc) is 2.87. The molecule has 2 heterocycles. The van der Waals surface area contributed by atoms with Gasteiger partial charge in [0, 0.05) is 53.4 Å². The maximum absolute atomic E-state index is 12.3. The van der Waals surface area contributed by atoms with Gasteiger partial charge in [-0.1, -0.05) is 0 Å². The molecule has 20 heavy (non-hydrogen) atoms. The summed E-state index contributed by atoms with van der Waals surface area (Å²) in [5, 5.41) is 3.04. The summed E-state index contributed by atoms with van der Waals surface area (Å²) in [6.07, 6.45) is 2.55. The van der Waals surface area contributed by atoms with Crippen LogP contribution in [-0.2, 0) is 19.0 Å². The van der Waals surface area contributed by atoms with E-state index in [1.54, 1.807) is 14.2 Å². The summed E-state index contributed by atoms with van der Waals surface area (Å²) in [5.74, 6) is 0.0648. The number of ether oxygens (including phenoxy) is 3. The minimum atomic E-state index is -0.272. The number of hydrogen-bond donors (Lipinski definition) is 1. The van der Waals surface area contributed by atoms with Crippen LogP contribution in [0.3, 0.4) is 0 Å². The van der Waals surface area contributed by atoms with Crippen LogP contribution in [0.2, 0.25) is 0 Å². The summed E-state index contributed by atoms with van der Waals surface area (Å²) in [6, 6.07) is -0.103. The Labute approximate surface area is 120 Å². The van der Waals surface area contributed by atoms with E-state index in [1.165, 1.54) is 0 Å². The molecule has 2 rings (SSSR count). The molecule has 2 aliphatic heterocycles. The van der Waals surface area contributed by atoms with Gasteiger partial charge in [0.1, 0.15) is 0 Å². The van der Waals surface area contributed by atoms with Gasteiger partial charge in [-0.15, -0.1) is 0 Å². The molecule has 0 aliphatic carbocycles. The van der Waals surface area contributed by atoms with Crippen LogP contribution in [0.5, 0.6) is 0 Å². The van der Waals surface area contributed by atoms with Crippen molar-refractivity contribution in [3.63, 3.8) is 0 Å². The highest BCUT2D eigenvalue weighted by atomic mass is 16.5. The van der Waals surface area contributed by atoms with E-state index in [4.69, 9.17) is 14.2 Å². The van der Waals surface area contributed by atoms with Gasteiger partial charge in [0.05, 0.1) is 17.7 Å². The van der Waals surface area contributed by atoms with Crippen molar-refractivity contribution in [3.8, 4) is 0 Å². The molecule has 0 spiro atoms. The van der Waals surface area contributed by atoms with Gasteiger partial charge in [0.25, 0.3) is 0 Å². The number of methoxy groups -OCH3 is 2. The van der Waals surface area contributed by atoms with Gasteiger partial charge in [-0.25, -0.2) is 0 Å². The van der Waals surface area contributed by atoms with Crippen molar-refractivity contribution in [2.24, 2.45) is 0 Å². The number of likely N-dealkylation sites (tertiary alicyclic amines) is 1. The summed E-state index contributed by atoms with van der Waals surface area (Å²) < 4.78 is 16.3. The molecule has 0 bridgehead atoms. The van der Waals surface area contributed by atoms with Gasteiger partial charge in [0.2, 0.25) is 5.91 Å². The molecule has 2 saturated heterocycles. The second-order valence-electron chi connectivity index (χ2n) is 5.77. The van der Waals surface area contributed by atoms with Crippen molar-refractivity contribution < 1.29 is 19.0 Å². The largest absolute Gasteiger partial charge is 0.381 e. The maximum Gasteiger partial charge on any atom is 0.237 e. The van der Waals surface area contributed by atoms with Crippen molar-refractivity contribution in [2.75, 3.05) is 47.6 Å². The maximum atomic E-state index is 12.3.